The summed E-state index contributed by atoms with van der Waals surface area (Å²) in [5, 5.41) is 9.09. The first-order valence-corrected chi connectivity index (χ1v) is 9.53. The molecule has 1 aromatic rings. The lowest BCUT2D eigenvalue weighted by molar-refractivity contribution is -0.114. The van der Waals surface area contributed by atoms with E-state index in [0.29, 0.717) is 37.9 Å². The molecule has 0 atom stereocenters. The fraction of sp³-hybridized carbons (Fsp3) is 0.526. The highest BCUT2D eigenvalue weighted by molar-refractivity contribution is 14.0. The summed E-state index contributed by atoms with van der Waals surface area (Å²) in [7, 11) is 0. The highest BCUT2D eigenvalue weighted by atomic mass is 127. The lowest BCUT2D eigenvalue weighted by Gasteiger charge is -2.32. The van der Waals surface area contributed by atoms with Crippen LogP contribution in [0.4, 0.5) is 14.9 Å². The SMILES string of the molecule is CCNC(=NCC(=O)Nc1ccc(F)cc1)NC1CCN(C(=O)OCC)CC1.I. The van der Waals surface area contributed by atoms with Gasteiger partial charge in [0.15, 0.2) is 5.96 Å². The van der Waals surface area contributed by atoms with Crippen molar-refractivity contribution in [2.24, 2.45) is 4.99 Å². The second-order valence-corrected chi connectivity index (χ2v) is 6.35. The summed E-state index contributed by atoms with van der Waals surface area (Å²) in [6.07, 6.45) is 1.26. The number of hydrogen-bond donors (Lipinski definition) is 3. The van der Waals surface area contributed by atoms with Crippen LogP contribution in [0.15, 0.2) is 29.3 Å². The fourth-order valence-corrected chi connectivity index (χ4v) is 2.82. The number of nitrogens with one attached hydrogen (secondary N) is 3. The molecule has 2 amide bonds. The minimum Gasteiger partial charge on any atom is -0.450 e. The predicted molar refractivity (Wildman–Crippen MR) is 121 cm³/mol. The number of carbonyl (C=O) groups is 2. The fourth-order valence-electron chi connectivity index (χ4n) is 2.82. The monoisotopic (exact) mass is 521 g/mol. The number of carbonyl (C=O) groups excluding carboxylic acids is 2. The van der Waals surface area contributed by atoms with Gasteiger partial charge in [-0.25, -0.2) is 14.2 Å². The second-order valence-electron chi connectivity index (χ2n) is 6.35. The first-order valence-electron chi connectivity index (χ1n) is 9.53. The van der Waals surface area contributed by atoms with Crippen molar-refractivity contribution in [2.75, 3.05) is 38.1 Å². The van der Waals surface area contributed by atoms with Crippen LogP contribution in [-0.2, 0) is 9.53 Å². The summed E-state index contributed by atoms with van der Waals surface area (Å²) in [4.78, 5) is 29.8. The molecule has 1 saturated heterocycles. The molecule has 0 saturated carbocycles. The van der Waals surface area contributed by atoms with Crippen LogP contribution in [0.1, 0.15) is 26.7 Å². The van der Waals surface area contributed by atoms with Gasteiger partial charge in [-0.2, -0.15) is 0 Å². The molecule has 29 heavy (non-hydrogen) atoms. The summed E-state index contributed by atoms with van der Waals surface area (Å²) in [6, 6.07) is 5.72. The van der Waals surface area contributed by atoms with Gasteiger partial charge >= 0.3 is 6.09 Å². The molecule has 2 rings (SSSR count). The lowest BCUT2D eigenvalue weighted by atomic mass is 10.1. The normalized spacial score (nSPS) is 14.6. The summed E-state index contributed by atoms with van der Waals surface area (Å²) < 4.78 is 17.9. The smallest absolute Gasteiger partial charge is 0.409 e. The molecule has 0 bridgehead atoms. The first-order chi connectivity index (χ1) is 13.5. The van der Waals surface area contributed by atoms with Crippen LogP contribution in [0.3, 0.4) is 0 Å². The summed E-state index contributed by atoms with van der Waals surface area (Å²) in [5.74, 6) is -0.101. The molecule has 1 heterocycles. The zero-order valence-electron chi connectivity index (χ0n) is 16.7. The number of halogens is 2. The number of nitrogens with zero attached hydrogens (tertiary/aromatic N) is 2. The number of benzene rings is 1. The largest absolute Gasteiger partial charge is 0.450 e. The van der Waals surface area contributed by atoms with Gasteiger partial charge in [0.25, 0.3) is 0 Å². The third kappa shape index (κ3) is 8.84. The molecule has 1 aromatic carbocycles. The first kappa shape index (κ1) is 24.9. The van der Waals surface area contributed by atoms with Crippen LogP contribution in [0.5, 0.6) is 0 Å². The van der Waals surface area contributed by atoms with E-state index in [0.717, 1.165) is 12.8 Å². The number of aliphatic imine (C=N–C) groups is 1. The Morgan fingerprint density at radius 1 is 1.21 bits per heavy atom. The van der Waals surface area contributed by atoms with Crippen LogP contribution in [0, 0.1) is 5.82 Å². The van der Waals surface area contributed by atoms with Crippen molar-refractivity contribution in [3.05, 3.63) is 30.1 Å². The van der Waals surface area contributed by atoms with E-state index in [9.17, 15) is 14.0 Å². The molecule has 8 nitrogen and oxygen atoms in total. The average Bonchev–Trinajstić information content (AvgIpc) is 2.69. The summed E-state index contributed by atoms with van der Waals surface area (Å²) >= 11 is 0. The van der Waals surface area contributed by atoms with Gasteiger partial charge in [0.2, 0.25) is 5.91 Å². The van der Waals surface area contributed by atoms with E-state index in [2.05, 4.69) is 20.9 Å². The van der Waals surface area contributed by atoms with E-state index in [1.54, 1.807) is 11.8 Å². The van der Waals surface area contributed by atoms with E-state index in [1.807, 2.05) is 6.92 Å². The second kappa shape index (κ2) is 13.2. The van der Waals surface area contributed by atoms with Crippen LogP contribution < -0.4 is 16.0 Å². The van der Waals surface area contributed by atoms with Crippen LogP contribution in [-0.4, -0.2) is 61.7 Å². The predicted octanol–water partition coefficient (Wildman–Crippen LogP) is 2.56. The molecule has 1 fully saturated rings. The van der Waals surface area contributed by atoms with Crippen molar-refractivity contribution >= 4 is 47.6 Å². The highest BCUT2D eigenvalue weighted by Gasteiger charge is 2.24. The Bertz CT molecular complexity index is 679. The third-order valence-corrected chi connectivity index (χ3v) is 4.21. The molecular formula is C19H29FIN5O3. The van der Waals surface area contributed by atoms with Crippen LogP contribution >= 0.6 is 24.0 Å². The number of rotatable bonds is 6. The van der Waals surface area contributed by atoms with E-state index in [4.69, 9.17) is 4.74 Å². The van der Waals surface area contributed by atoms with Gasteiger partial charge < -0.3 is 25.6 Å². The van der Waals surface area contributed by atoms with Crippen molar-refractivity contribution < 1.29 is 18.7 Å². The molecule has 3 N–H and O–H groups in total. The van der Waals surface area contributed by atoms with E-state index in [-0.39, 0.29) is 54.4 Å². The molecule has 10 heteroatoms. The maximum absolute atomic E-state index is 12.9. The molecule has 162 valence electrons. The summed E-state index contributed by atoms with van der Waals surface area (Å²) in [5.41, 5.74) is 0.519. The van der Waals surface area contributed by atoms with Crippen molar-refractivity contribution in [1.29, 1.82) is 0 Å². The van der Waals surface area contributed by atoms with Gasteiger partial charge in [-0.15, -0.1) is 24.0 Å². The van der Waals surface area contributed by atoms with E-state index >= 15 is 0 Å². The van der Waals surface area contributed by atoms with Crippen molar-refractivity contribution in [2.45, 2.75) is 32.7 Å². The minimum absolute atomic E-state index is 0. The molecule has 0 radical (unpaired) electrons. The Labute approximate surface area is 187 Å². The Morgan fingerprint density at radius 2 is 1.86 bits per heavy atom. The van der Waals surface area contributed by atoms with Gasteiger partial charge in [-0.3, -0.25) is 4.79 Å². The molecule has 1 aliphatic heterocycles. The zero-order chi connectivity index (χ0) is 20.4. The summed E-state index contributed by atoms with van der Waals surface area (Å²) in [6.45, 7) is 5.92. The Kier molecular flexibility index (Phi) is 11.3. The van der Waals surface area contributed by atoms with Gasteiger partial charge in [-0.05, 0) is 51.0 Å². The Hall–Kier alpha value is -2.11. The van der Waals surface area contributed by atoms with Crippen LogP contribution in [0.25, 0.3) is 0 Å². The average molecular weight is 521 g/mol. The van der Waals surface area contributed by atoms with Gasteiger partial charge in [0.05, 0.1) is 6.61 Å². The molecule has 0 aliphatic carbocycles. The van der Waals surface area contributed by atoms with Gasteiger partial charge in [0, 0.05) is 31.4 Å². The van der Waals surface area contributed by atoms with E-state index < -0.39 is 0 Å². The van der Waals surface area contributed by atoms with Crippen LogP contribution in [0.2, 0.25) is 0 Å². The quantitative estimate of drug-likeness (QED) is 0.304. The molecule has 0 spiro atoms. The number of ether oxygens (including phenoxy) is 1. The Morgan fingerprint density at radius 3 is 2.45 bits per heavy atom. The molecule has 1 aliphatic rings. The molecule has 0 unspecified atom stereocenters. The number of guanidine groups is 1. The van der Waals surface area contributed by atoms with Crippen molar-refractivity contribution in [3.63, 3.8) is 0 Å². The Balaban J connectivity index is 0.00000420. The topological polar surface area (TPSA) is 95.1 Å². The maximum atomic E-state index is 12.9. The number of amides is 2. The zero-order valence-corrected chi connectivity index (χ0v) is 19.1. The molecular weight excluding hydrogens is 492 g/mol. The van der Waals surface area contributed by atoms with Crippen molar-refractivity contribution in [3.8, 4) is 0 Å². The van der Waals surface area contributed by atoms with Gasteiger partial charge in [-0.1, -0.05) is 0 Å². The van der Waals surface area contributed by atoms with E-state index in [1.165, 1.54) is 24.3 Å². The lowest BCUT2D eigenvalue weighted by Crippen LogP contribution is -2.50. The highest BCUT2D eigenvalue weighted by Crippen LogP contribution is 2.11. The number of hydrogen-bond acceptors (Lipinski definition) is 4. The number of anilines is 1. The number of likely N-dealkylation sites (tertiary alicyclic amines) is 1. The minimum atomic E-state index is -0.358. The van der Waals surface area contributed by atoms with Gasteiger partial charge in [0.1, 0.15) is 12.4 Å². The van der Waals surface area contributed by atoms with Crippen molar-refractivity contribution in [1.82, 2.24) is 15.5 Å². The third-order valence-electron chi connectivity index (χ3n) is 4.21. The standard InChI is InChI=1S/C19H28FN5O3.HI/c1-3-21-18(22-13-17(26)23-15-7-5-14(20)6-8-15)24-16-9-11-25(12-10-16)19(27)28-4-2;/h5-8,16H,3-4,9-13H2,1-2H3,(H,23,26)(H2,21,22,24);1H. The maximum Gasteiger partial charge on any atom is 0.409 e. The number of piperidine rings is 1. The molecule has 0 aromatic heterocycles.